The molecule has 0 aromatic heterocycles. The maximum Gasteiger partial charge on any atom is 0.324 e. The number of rotatable bonds is 6. The van der Waals surface area contributed by atoms with Gasteiger partial charge in [-0.05, 0) is 31.0 Å². The fourth-order valence-electron chi connectivity index (χ4n) is 1.54. The first-order chi connectivity index (χ1) is 9.22. The van der Waals surface area contributed by atoms with Crippen molar-refractivity contribution in [2.75, 3.05) is 0 Å². The minimum absolute atomic E-state index is 0.134. The van der Waals surface area contributed by atoms with Crippen molar-refractivity contribution in [3.05, 3.63) is 35.4 Å². The summed E-state index contributed by atoms with van der Waals surface area (Å²) >= 11 is 0. The molecule has 0 radical (unpaired) electrons. The van der Waals surface area contributed by atoms with Crippen molar-refractivity contribution in [2.45, 2.75) is 31.6 Å². The molecular weight excluding hydrogens is 280 g/mol. The van der Waals surface area contributed by atoms with E-state index in [9.17, 15) is 13.2 Å². The van der Waals surface area contributed by atoms with Gasteiger partial charge in [-0.1, -0.05) is 19.1 Å². The molecule has 0 aliphatic carbocycles. The molecular formula is C13H16N2O4S. The number of carboxylic acids is 1. The Hall–Kier alpha value is -1.91. The topological polar surface area (TPSA) is 107 Å². The Morgan fingerprint density at radius 3 is 2.35 bits per heavy atom. The van der Waals surface area contributed by atoms with E-state index in [-0.39, 0.29) is 12.2 Å². The van der Waals surface area contributed by atoms with Crippen LogP contribution in [0.25, 0.3) is 0 Å². The normalized spacial score (nSPS) is 14.2. The van der Waals surface area contributed by atoms with Gasteiger partial charge in [-0.15, -0.1) is 0 Å². The SMILES string of the molecule is CCC(C)(NS(=O)(=O)Cc1ccc(C#N)cc1)C(=O)O. The lowest BCUT2D eigenvalue weighted by molar-refractivity contribution is -0.143. The fourth-order valence-corrected chi connectivity index (χ4v) is 3.16. The van der Waals surface area contributed by atoms with Crippen LogP contribution in [-0.2, 0) is 20.6 Å². The second kappa shape index (κ2) is 6.03. The van der Waals surface area contributed by atoms with Gasteiger partial charge >= 0.3 is 5.97 Å². The minimum Gasteiger partial charge on any atom is -0.480 e. The van der Waals surface area contributed by atoms with Gasteiger partial charge in [0, 0.05) is 0 Å². The highest BCUT2D eigenvalue weighted by Gasteiger charge is 2.35. The molecule has 108 valence electrons. The summed E-state index contributed by atoms with van der Waals surface area (Å²) in [7, 11) is -3.78. The minimum atomic E-state index is -3.78. The summed E-state index contributed by atoms with van der Waals surface area (Å²) in [6.45, 7) is 2.92. The van der Waals surface area contributed by atoms with Crippen molar-refractivity contribution in [1.82, 2.24) is 4.72 Å². The fraction of sp³-hybridized carbons (Fsp3) is 0.385. The van der Waals surface area contributed by atoms with Gasteiger partial charge in [0.25, 0.3) is 0 Å². The number of aliphatic carboxylic acids is 1. The third-order valence-corrected chi connectivity index (χ3v) is 4.47. The summed E-state index contributed by atoms with van der Waals surface area (Å²) in [6, 6.07) is 8.03. The maximum atomic E-state index is 12.0. The van der Waals surface area contributed by atoms with Crippen molar-refractivity contribution in [1.29, 1.82) is 5.26 Å². The average Bonchev–Trinajstić information content (AvgIpc) is 2.38. The molecule has 0 amide bonds. The van der Waals surface area contributed by atoms with Crippen LogP contribution in [0, 0.1) is 11.3 Å². The molecule has 0 spiro atoms. The quantitative estimate of drug-likeness (QED) is 0.821. The molecule has 0 saturated heterocycles. The molecule has 1 rings (SSSR count). The van der Waals surface area contributed by atoms with E-state index >= 15 is 0 Å². The van der Waals surface area contributed by atoms with Crippen molar-refractivity contribution in [3.63, 3.8) is 0 Å². The monoisotopic (exact) mass is 296 g/mol. The Morgan fingerprint density at radius 2 is 1.95 bits per heavy atom. The maximum absolute atomic E-state index is 12.0. The molecule has 0 bridgehead atoms. The molecule has 1 aromatic carbocycles. The number of benzene rings is 1. The van der Waals surface area contributed by atoms with Crippen LogP contribution in [0.1, 0.15) is 31.4 Å². The molecule has 0 fully saturated rings. The lowest BCUT2D eigenvalue weighted by Crippen LogP contribution is -2.51. The van der Waals surface area contributed by atoms with E-state index < -0.39 is 21.5 Å². The first kappa shape index (κ1) is 16.1. The van der Waals surface area contributed by atoms with Gasteiger partial charge < -0.3 is 5.11 Å². The Labute approximate surface area is 118 Å². The summed E-state index contributed by atoms with van der Waals surface area (Å²) < 4.78 is 26.2. The number of hydrogen-bond donors (Lipinski definition) is 2. The van der Waals surface area contributed by atoms with Crippen molar-refractivity contribution in [2.24, 2.45) is 0 Å². The number of carboxylic acid groups (broad SMARTS) is 1. The molecule has 0 aliphatic rings. The van der Waals surface area contributed by atoms with Gasteiger partial charge in [0.1, 0.15) is 5.54 Å². The van der Waals surface area contributed by atoms with Gasteiger partial charge in [-0.3, -0.25) is 4.79 Å². The molecule has 1 atom stereocenters. The van der Waals surface area contributed by atoms with E-state index in [1.165, 1.54) is 31.2 Å². The number of nitrogens with one attached hydrogen (secondary N) is 1. The van der Waals surface area contributed by atoms with Crippen LogP contribution in [0.5, 0.6) is 0 Å². The number of nitriles is 1. The Bertz CT molecular complexity index is 631. The van der Waals surface area contributed by atoms with Crippen LogP contribution in [-0.4, -0.2) is 25.0 Å². The van der Waals surface area contributed by atoms with Crippen molar-refractivity contribution in [3.8, 4) is 6.07 Å². The van der Waals surface area contributed by atoms with Gasteiger partial charge in [0.2, 0.25) is 10.0 Å². The van der Waals surface area contributed by atoms with Crippen LogP contribution in [0.15, 0.2) is 24.3 Å². The van der Waals surface area contributed by atoms with E-state index in [1.807, 2.05) is 6.07 Å². The molecule has 7 heteroatoms. The van der Waals surface area contributed by atoms with Crippen molar-refractivity contribution < 1.29 is 18.3 Å². The van der Waals surface area contributed by atoms with Crippen molar-refractivity contribution >= 4 is 16.0 Å². The van der Waals surface area contributed by atoms with E-state index in [4.69, 9.17) is 10.4 Å². The van der Waals surface area contributed by atoms with Crippen LogP contribution in [0.2, 0.25) is 0 Å². The molecule has 2 N–H and O–H groups in total. The zero-order chi connectivity index (χ0) is 15.4. The molecule has 20 heavy (non-hydrogen) atoms. The predicted octanol–water partition coefficient (Wildman–Crippen LogP) is 1.23. The summed E-state index contributed by atoms with van der Waals surface area (Å²) in [4.78, 5) is 11.1. The van der Waals surface area contributed by atoms with Crippen LogP contribution >= 0.6 is 0 Å². The van der Waals surface area contributed by atoms with Gasteiger partial charge in [-0.2, -0.15) is 9.98 Å². The second-order valence-corrected chi connectivity index (χ2v) is 6.38. The highest BCUT2D eigenvalue weighted by molar-refractivity contribution is 7.88. The Morgan fingerprint density at radius 1 is 1.40 bits per heavy atom. The Balaban J connectivity index is 2.90. The van der Waals surface area contributed by atoms with E-state index in [0.717, 1.165) is 0 Å². The van der Waals surface area contributed by atoms with E-state index in [0.29, 0.717) is 11.1 Å². The molecule has 0 aliphatic heterocycles. The van der Waals surface area contributed by atoms with Gasteiger partial charge in [0.05, 0.1) is 17.4 Å². The summed E-state index contributed by atoms with van der Waals surface area (Å²) in [5, 5.41) is 17.7. The predicted molar refractivity (Wildman–Crippen MR) is 73.2 cm³/mol. The van der Waals surface area contributed by atoms with E-state index in [2.05, 4.69) is 4.72 Å². The highest BCUT2D eigenvalue weighted by Crippen LogP contribution is 2.14. The first-order valence-corrected chi connectivity index (χ1v) is 7.62. The zero-order valence-electron chi connectivity index (χ0n) is 11.3. The number of hydrogen-bond acceptors (Lipinski definition) is 4. The third kappa shape index (κ3) is 4.05. The highest BCUT2D eigenvalue weighted by atomic mass is 32.2. The first-order valence-electron chi connectivity index (χ1n) is 5.96. The second-order valence-electron chi connectivity index (χ2n) is 4.66. The molecule has 0 heterocycles. The zero-order valence-corrected chi connectivity index (χ0v) is 12.1. The molecule has 1 aromatic rings. The van der Waals surface area contributed by atoms with Crippen LogP contribution in [0.3, 0.4) is 0 Å². The standard InChI is InChI=1S/C13H16N2O4S/c1-3-13(2,12(16)17)15-20(18,19)9-11-6-4-10(8-14)5-7-11/h4-7,15H,3,9H2,1-2H3,(H,16,17). The lowest BCUT2D eigenvalue weighted by atomic mass is 10.0. The smallest absolute Gasteiger partial charge is 0.324 e. The van der Waals surface area contributed by atoms with Gasteiger partial charge in [0.15, 0.2) is 0 Å². The van der Waals surface area contributed by atoms with E-state index in [1.54, 1.807) is 6.92 Å². The molecule has 0 saturated carbocycles. The Kier molecular flexibility index (Phi) is 4.87. The van der Waals surface area contributed by atoms with Crippen LogP contribution < -0.4 is 4.72 Å². The molecule has 6 nitrogen and oxygen atoms in total. The lowest BCUT2D eigenvalue weighted by Gasteiger charge is -2.24. The number of nitrogens with zero attached hydrogens (tertiary/aromatic N) is 1. The summed E-state index contributed by atoms with van der Waals surface area (Å²) in [5.41, 5.74) is -0.603. The van der Waals surface area contributed by atoms with Gasteiger partial charge in [-0.25, -0.2) is 8.42 Å². The third-order valence-electron chi connectivity index (χ3n) is 3.00. The largest absolute Gasteiger partial charge is 0.480 e. The molecule has 1 unspecified atom stereocenters. The number of carbonyl (C=O) groups is 1. The average molecular weight is 296 g/mol. The summed E-state index contributed by atoms with van der Waals surface area (Å²) in [5.74, 6) is -1.55. The van der Waals surface area contributed by atoms with Crippen LogP contribution in [0.4, 0.5) is 0 Å². The summed E-state index contributed by atoms with van der Waals surface area (Å²) in [6.07, 6.45) is 0.134. The number of sulfonamides is 1.